The second-order valence-corrected chi connectivity index (χ2v) is 6.76. The Hall–Kier alpha value is -1.09. The first-order valence-corrected chi connectivity index (χ1v) is 8.20. The fourth-order valence-corrected chi connectivity index (χ4v) is 3.36. The molecule has 0 aromatic heterocycles. The molecular formula is C18H29FN2. The van der Waals surface area contributed by atoms with Crippen molar-refractivity contribution in [2.75, 3.05) is 18.0 Å². The molecule has 1 N–H and O–H groups in total. The maximum atomic E-state index is 14.5. The third-order valence-electron chi connectivity index (χ3n) is 5.10. The molecule has 1 aliphatic rings. The van der Waals surface area contributed by atoms with Crippen molar-refractivity contribution in [3.63, 3.8) is 0 Å². The maximum Gasteiger partial charge on any atom is 0.146 e. The van der Waals surface area contributed by atoms with Gasteiger partial charge >= 0.3 is 0 Å². The van der Waals surface area contributed by atoms with Gasteiger partial charge in [-0.2, -0.15) is 0 Å². The van der Waals surface area contributed by atoms with Crippen LogP contribution in [0.2, 0.25) is 0 Å². The first kappa shape index (κ1) is 16.3. The fraction of sp³-hybridized carbons (Fsp3) is 0.667. The Morgan fingerprint density at radius 3 is 2.52 bits per heavy atom. The zero-order chi connectivity index (χ0) is 15.6. The van der Waals surface area contributed by atoms with Crippen molar-refractivity contribution < 1.29 is 4.39 Å². The average molecular weight is 292 g/mol. The van der Waals surface area contributed by atoms with Crippen molar-refractivity contribution in [2.45, 2.75) is 59.0 Å². The highest BCUT2D eigenvalue weighted by Gasteiger charge is 2.38. The van der Waals surface area contributed by atoms with Gasteiger partial charge in [0.1, 0.15) is 5.82 Å². The number of halogens is 1. The lowest BCUT2D eigenvalue weighted by molar-refractivity contribution is 0.226. The second-order valence-electron chi connectivity index (χ2n) is 6.76. The van der Waals surface area contributed by atoms with Gasteiger partial charge in [-0.1, -0.05) is 33.8 Å². The largest absolute Gasteiger partial charge is 0.363 e. The first-order valence-electron chi connectivity index (χ1n) is 8.20. The van der Waals surface area contributed by atoms with Crippen LogP contribution in [0.3, 0.4) is 0 Å². The van der Waals surface area contributed by atoms with Gasteiger partial charge in [-0.25, -0.2) is 4.39 Å². The number of hydrogen-bond donors (Lipinski definition) is 1. The van der Waals surface area contributed by atoms with E-state index < -0.39 is 0 Å². The van der Waals surface area contributed by atoms with Gasteiger partial charge in [-0.15, -0.1) is 0 Å². The summed E-state index contributed by atoms with van der Waals surface area (Å²) in [6, 6.07) is 5.95. The molecule has 2 rings (SSSR count). The van der Waals surface area contributed by atoms with E-state index in [1.54, 1.807) is 6.07 Å². The maximum absolute atomic E-state index is 14.5. The molecule has 0 bridgehead atoms. The quantitative estimate of drug-likeness (QED) is 0.897. The van der Waals surface area contributed by atoms with Crippen LogP contribution in [0.25, 0.3) is 0 Å². The third kappa shape index (κ3) is 3.23. The van der Waals surface area contributed by atoms with E-state index in [0.29, 0.717) is 12.0 Å². The first-order chi connectivity index (χ1) is 9.92. The molecule has 3 heteroatoms. The van der Waals surface area contributed by atoms with Crippen LogP contribution in [0.1, 0.15) is 46.1 Å². The molecule has 1 unspecified atom stereocenters. The lowest BCUT2D eigenvalue weighted by atomic mass is 9.86. The van der Waals surface area contributed by atoms with Gasteiger partial charge in [0.2, 0.25) is 0 Å². The Morgan fingerprint density at radius 1 is 1.33 bits per heavy atom. The highest BCUT2D eigenvalue weighted by atomic mass is 19.1. The number of aryl methyl sites for hydroxylation is 1. The summed E-state index contributed by atoms with van der Waals surface area (Å²) in [5.41, 5.74) is 1.83. The molecule has 1 heterocycles. The molecule has 1 atom stereocenters. The molecular weight excluding hydrogens is 263 g/mol. The molecule has 1 saturated heterocycles. The molecule has 1 aromatic carbocycles. The van der Waals surface area contributed by atoms with E-state index >= 15 is 0 Å². The van der Waals surface area contributed by atoms with Crippen LogP contribution in [0.5, 0.6) is 0 Å². The van der Waals surface area contributed by atoms with Gasteiger partial charge in [-0.3, -0.25) is 0 Å². The average Bonchev–Trinajstić information content (AvgIpc) is 2.46. The summed E-state index contributed by atoms with van der Waals surface area (Å²) in [6.07, 6.45) is 2.14. The Kier molecular flexibility index (Phi) is 4.92. The summed E-state index contributed by atoms with van der Waals surface area (Å²) in [5, 5.41) is 3.73. The van der Waals surface area contributed by atoms with E-state index in [9.17, 15) is 4.39 Å². The Balaban J connectivity index is 2.38. The van der Waals surface area contributed by atoms with Gasteiger partial charge in [-0.05, 0) is 43.4 Å². The van der Waals surface area contributed by atoms with E-state index in [-0.39, 0.29) is 11.4 Å². The zero-order valence-electron chi connectivity index (χ0n) is 14.0. The summed E-state index contributed by atoms with van der Waals surface area (Å²) < 4.78 is 14.5. The molecule has 1 aliphatic heterocycles. The molecule has 0 aliphatic carbocycles. The van der Waals surface area contributed by atoms with Crippen molar-refractivity contribution in [3.05, 3.63) is 29.6 Å². The molecule has 1 aromatic rings. The lowest BCUT2D eigenvalue weighted by Crippen LogP contribution is -2.65. The SMILES string of the molecule is CCC1(CC)CN(c2ccc(C)cc2F)C(C(C)C)CN1. The van der Waals surface area contributed by atoms with Crippen molar-refractivity contribution in [2.24, 2.45) is 5.92 Å². The molecule has 118 valence electrons. The van der Waals surface area contributed by atoms with E-state index in [1.165, 1.54) is 0 Å². The number of piperazine rings is 1. The molecule has 21 heavy (non-hydrogen) atoms. The van der Waals surface area contributed by atoms with E-state index in [0.717, 1.165) is 37.2 Å². The summed E-state index contributed by atoms with van der Waals surface area (Å²) in [6.45, 7) is 12.6. The van der Waals surface area contributed by atoms with Gasteiger partial charge in [0.25, 0.3) is 0 Å². The molecule has 0 saturated carbocycles. The Bertz CT molecular complexity index is 480. The van der Waals surface area contributed by atoms with Crippen molar-refractivity contribution in [1.82, 2.24) is 5.32 Å². The van der Waals surface area contributed by atoms with Crippen molar-refractivity contribution >= 4 is 5.69 Å². The van der Waals surface area contributed by atoms with Crippen LogP contribution in [0.15, 0.2) is 18.2 Å². The summed E-state index contributed by atoms with van der Waals surface area (Å²) in [7, 11) is 0. The number of nitrogens with one attached hydrogen (secondary N) is 1. The van der Waals surface area contributed by atoms with Crippen LogP contribution < -0.4 is 10.2 Å². The molecule has 0 amide bonds. The highest BCUT2D eigenvalue weighted by molar-refractivity contribution is 5.51. The lowest BCUT2D eigenvalue weighted by Gasteiger charge is -2.50. The smallest absolute Gasteiger partial charge is 0.146 e. The normalized spacial score (nSPS) is 21.9. The number of benzene rings is 1. The van der Waals surface area contributed by atoms with Crippen LogP contribution in [0, 0.1) is 18.7 Å². The molecule has 1 fully saturated rings. The van der Waals surface area contributed by atoms with Gasteiger partial charge in [0, 0.05) is 24.7 Å². The number of hydrogen-bond acceptors (Lipinski definition) is 2. The van der Waals surface area contributed by atoms with Crippen LogP contribution >= 0.6 is 0 Å². The van der Waals surface area contributed by atoms with Gasteiger partial charge in [0.05, 0.1) is 5.69 Å². The molecule has 0 radical (unpaired) electrons. The van der Waals surface area contributed by atoms with Crippen LogP contribution in [0.4, 0.5) is 10.1 Å². The van der Waals surface area contributed by atoms with Crippen LogP contribution in [-0.4, -0.2) is 24.7 Å². The van der Waals surface area contributed by atoms with E-state index in [1.807, 2.05) is 19.1 Å². The highest BCUT2D eigenvalue weighted by Crippen LogP contribution is 2.32. The third-order valence-corrected chi connectivity index (χ3v) is 5.10. The topological polar surface area (TPSA) is 15.3 Å². The Labute approximate surface area is 128 Å². The van der Waals surface area contributed by atoms with E-state index in [4.69, 9.17) is 0 Å². The summed E-state index contributed by atoms with van der Waals surface area (Å²) >= 11 is 0. The number of rotatable bonds is 4. The second kappa shape index (κ2) is 6.35. The predicted octanol–water partition coefficient (Wildman–Crippen LogP) is 4.13. The standard InChI is InChI=1S/C18H29FN2/c1-6-18(7-2)12-21(17(11-20-18)13(3)4)16-9-8-14(5)10-15(16)19/h8-10,13,17,20H,6-7,11-12H2,1-5H3. The predicted molar refractivity (Wildman–Crippen MR) is 88.4 cm³/mol. The van der Waals surface area contributed by atoms with E-state index in [2.05, 4.69) is 37.9 Å². The minimum absolute atomic E-state index is 0.0938. The number of anilines is 1. The summed E-state index contributed by atoms with van der Waals surface area (Å²) in [5.74, 6) is 0.397. The van der Waals surface area contributed by atoms with Gasteiger partial charge in [0.15, 0.2) is 0 Å². The number of nitrogens with zero attached hydrogens (tertiary/aromatic N) is 1. The van der Waals surface area contributed by atoms with Crippen molar-refractivity contribution in [1.29, 1.82) is 0 Å². The van der Waals surface area contributed by atoms with Gasteiger partial charge < -0.3 is 10.2 Å². The minimum Gasteiger partial charge on any atom is -0.363 e. The molecule has 2 nitrogen and oxygen atoms in total. The zero-order valence-corrected chi connectivity index (χ0v) is 14.0. The monoisotopic (exact) mass is 292 g/mol. The molecule has 0 spiro atoms. The minimum atomic E-state index is -0.0938. The Morgan fingerprint density at radius 2 is 2.00 bits per heavy atom. The van der Waals surface area contributed by atoms with Crippen LogP contribution in [-0.2, 0) is 0 Å². The fourth-order valence-electron chi connectivity index (χ4n) is 3.36. The van der Waals surface area contributed by atoms with Crippen molar-refractivity contribution in [3.8, 4) is 0 Å². The summed E-state index contributed by atoms with van der Waals surface area (Å²) in [4.78, 5) is 2.29.